The van der Waals surface area contributed by atoms with Crippen molar-refractivity contribution in [2.75, 3.05) is 7.11 Å². The SMILES string of the molecule is COc1ccc(COC2=CNC(C(=O)O)=C[C@@H]2O)cc1. The van der Waals surface area contributed by atoms with Crippen LogP contribution in [-0.4, -0.2) is 29.4 Å². The number of rotatable bonds is 5. The van der Waals surface area contributed by atoms with Gasteiger partial charge < -0.3 is 25.0 Å². The molecule has 1 aliphatic heterocycles. The molecule has 20 heavy (non-hydrogen) atoms. The van der Waals surface area contributed by atoms with Crippen molar-refractivity contribution < 1.29 is 24.5 Å². The summed E-state index contributed by atoms with van der Waals surface area (Å²) in [5.74, 6) is -0.110. The van der Waals surface area contributed by atoms with E-state index in [-0.39, 0.29) is 18.1 Å². The highest BCUT2D eigenvalue weighted by Gasteiger charge is 2.19. The van der Waals surface area contributed by atoms with Crippen LogP contribution in [0.4, 0.5) is 0 Å². The number of dihydropyridines is 1. The molecule has 0 aromatic heterocycles. The Kier molecular flexibility index (Phi) is 4.27. The Hall–Kier alpha value is -2.47. The lowest BCUT2D eigenvalue weighted by molar-refractivity contribution is -0.133. The van der Waals surface area contributed by atoms with Crippen molar-refractivity contribution in [3.05, 3.63) is 53.6 Å². The summed E-state index contributed by atoms with van der Waals surface area (Å²) in [6, 6.07) is 7.32. The van der Waals surface area contributed by atoms with Crippen molar-refractivity contribution in [3.63, 3.8) is 0 Å². The van der Waals surface area contributed by atoms with E-state index in [0.717, 1.165) is 11.3 Å². The molecule has 0 saturated heterocycles. The third-order valence-corrected chi connectivity index (χ3v) is 2.78. The minimum atomic E-state index is -1.13. The van der Waals surface area contributed by atoms with E-state index in [2.05, 4.69) is 5.32 Å². The lowest BCUT2D eigenvalue weighted by atomic mass is 10.2. The standard InChI is InChI=1S/C14H15NO5/c1-19-10-4-2-9(3-5-10)8-20-13-7-15-11(14(17)18)6-12(13)16/h2-7,12,15-16H,8H2,1H3,(H,17,18)/t12-/m0/s1. The molecule has 0 radical (unpaired) electrons. The monoisotopic (exact) mass is 277 g/mol. The maximum atomic E-state index is 10.7. The number of hydrogen-bond acceptors (Lipinski definition) is 5. The number of aliphatic hydroxyl groups excluding tert-OH is 1. The van der Waals surface area contributed by atoms with E-state index in [9.17, 15) is 9.90 Å². The van der Waals surface area contributed by atoms with Gasteiger partial charge in [0.05, 0.1) is 7.11 Å². The van der Waals surface area contributed by atoms with E-state index < -0.39 is 12.1 Å². The average molecular weight is 277 g/mol. The van der Waals surface area contributed by atoms with Gasteiger partial charge in [-0.15, -0.1) is 0 Å². The number of nitrogens with one attached hydrogen (secondary N) is 1. The van der Waals surface area contributed by atoms with E-state index in [4.69, 9.17) is 14.6 Å². The molecule has 0 unspecified atom stereocenters. The number of benzene rings is 1. The highest BCUT2D eigenvalue weighted by molar-refractivity contribution is 5.86. The molecule has 0 saturated carbocycles. The molecule has 106 valence electrons. The Balaban J connectivity index is 1.93. The molecule has 0 amide bonds. The molecular formula is C14H15NO5. The van der Waals surface area contributed by atoms with E-state index >= 15 is 0 Å². The maximum absolute atomic E-state index is 10.7. The van der Waals surface area contributed by atoms with E-state index in [1.165, 1.54) is 12.3 Å². The quantitative estimate of drug-likeness (QED) is 0.743. The second-order valence-corrected chi connectivity index (χ2v) is 4.16. The molecule has 0 fully saturated rings. The number of aliphatic carboxylic acids is 1. The molecule has 1 aliphatic rings. The molecule has 1 aromatic rings. The van der Waals surface area contributed by atoms with Crippen molar-refractivity contribution in [2.24, 2.45) is 0 Å². The smallest absolute Gasteiger partial charge is 0.352 e. The van der Waals surface area contributed by atoms with Crippen molar-refractivity contribution in [1.82, 2.24) is 5.32 Å². The van der Waals surface area contributed by atoms with Crippen LogP contribution >= 0.6 is 0 Å². The molecule has 0 aliphatic carbocycles. The summed E-state index contributed by atoms with van der Waals surface area (Å²) >= 11 is 0. The van der Waals surface area contributed by atoms with Crippen molar-refractivity contribution in [2.45, 2.75) is 12.7 Å². The molecule has 1 heterocycles. The second-order valence-electron chi connectivity index (χ2n) is 4.16. The largest absolute Gasteiger partial charge is 0.497 e. The van der Waals surface area contributed by atoms with Crippen LogP contribution in [0.1, 0.15) is 5.56 Å². The molecule has 3 N–H and O–H groups in total. The van der Waals surface area contributed by atoms with Crippen molar-refractivity contribution >= 4 is 5.97 Å². The zero-order valence-corrected chi connectivity index (χ0v) is 10.9. The molecule has 1 atom stereocenters. The molecule has 0 bridgehead atoms. The number of carbonyl (C=O) groups is 1. The molecule has 6 nitrogen and oxygen atoms in total. The summed E-state index contributed by atoms with van der Waals surface area (Å²) in [5, 5.41) is 21.1. The molecular weight excluding hydrogens is 262 g/mol. The first-order chi connectivity index (χ1) is 9.60. The van der Waals surface area contributed by atoms with Crippen LogP contribution in [0.2, 0.25) is 0 Å². The first-order valence-corrected chi connectivity index (χ1v) is 5.95. The van der Waals surface area contributed by atoms with Crippen molar-refractivity contribution in [3.8, 4) is 5.75 Å². The fourth-order valence-electron chi connectivity index (χ4n) is 1.67. The molecule has 2 rings (SSSR count). The van der Waals surface area contributed by atoms with Crippen LogP contribution in [0.25, 0.3) is 0 Å². The summed E-state index contributed by atoms with van der Waals surface area (Å²) in [5.41, 5.74) is 0.834. The highest BCUT2D eigenvalue weighted by Crippen LogP contribution is 2.16. The second kappa shape index (κ2) is 6.12. The van der Waals surface area contributed by atoms with Crippen molar-refractivity contribution in [1.29, 1.82) is 0 Å². The third kappa shape index (κ3) is 3.30. The van der Waals surface area contributed by atoms with Gasteiger partial charge in [0.2, 0.25) is 0 Å². The predicted octanol–water partition coefficient (Wildman–Crippen LogP) is 0.986. The van der Waals surface area contributed by atoms with Crippen LogP contribution in [0.15, 0.2) is 48.0 Å². The number of hydrogen-bond donors (Lipinski definition) is 3. The van der Waals surface area contributed by atoms with Gasteiger partial charge >= 0.3 is 5.97 Å². The Morgan fingerprint density at radius 3 is 2.60 bits per heavy atom. The van der Waals surface area contributed by atoms with E-state index in [0.29, 0.717) is 0 Å². The van der Waals surface area contributed by atoms with Gasteiger partial charge in [-0.3, -0.25) is 0 Å². The maximum Gasteiger partial charge on any atom is 0.352 e. The fraction of sp³-hybridized carbons (Fsp3) is 0.214. The predicted molar refractivity (Wildman–Crippen MR) is 70.7 cm³/mol. The number of methoxy groups -OCH3 is 1. The zero-order valence-electron chi connectivity index (χ0n) is 10.9. The summed E-state index contributed by atoms with van der Waals surface area (Å²) in [7, 11) is 1.59. The Morgan fingerprint density at radius 1 is 1.35 bits per heavy atom. The average Bonchev–Trinajstić information content (AvgIpc) is 2.46. The highest BCUT2D eigenvalue weighted by atomic mass is 16.5. The fourth-order valence-corrected chi connectivity index (χ4v) is 1.67. The van der Waals surface area contributed by atoms with Gasteiger partial charge in [0.15, 0.2) is 0 Å². The number of aliphatic hydroxyl groups is 1. The third-order valence-electron chi connectivity index (χ3n) is 2.78. The summed E-state index contributed by atoms with van der Waals surface area (Å²) in [4.78, 5) is 10.7. The summed E-state index contributed by atoms with van der Waals surface area (Å²) in [6.45, 7) is 0.269. The Labute approximate surface area is 115 Å². The zero-order chi connectivity index (χ0) is 14.5. The molecule has 0 spiro atoms. The number of carboxylic acids is 1. The Morgan fingerprint density at radius 2 is 2.05 bits per heavy atom. The van der Waals surface area contributed by atoms with Gasteiger partial charge in [-0.2, -0.15) is 0 Å². The summed E-state index contributed by atoms with van der Waals surface area (Å²) in [6.07, 6.45) is 1.46. The first kappa shape index (κ1) is 14.0. The minimum Gasteiger partial charge on any atom is -0.497 e. The van der Waals surface area contributed by atoms with E-state index in [1.54, 1.807) is 7.11 Å². The first-order valence-electron chi connectivity index (χ1n) is 5.95. The van der Waals surface area contributed by atoms with Gasteiger partial charge in [-0.05, 0) is 23.8 Å². The molecule has 6 heteroatoms. The number of carboxylic acid groups (broad SMARTS) is 1. The lowest BCUT2D eigenvalue weighted by Crippen LogP contribution is -2.26. The topological polar surface area (TPSA) is 88.0 Å². The summed E-state index contributed by atoms with van der Waals surface area (Å²) < 4.78 is 10.5. The van der Waals surface area contributed by atoms with Crippen LogP contribution in [0.3, 0.4) is 0 Å². The van der Waals surface area contributed by atoms with Crippen LogP contribution in [-0.2, 0) is 16.1 Å². The van der Waals surface area contributed by atoms with Crippen LogP contribution in [0.5, 0.6) is 5.75 Å². The van der Waals surface area contributed by atoms with E-state index in [1.807, 2.05) is 24.3 Å². The normalized spacial score (nSPS) is 17.6. The van der Waals surface area contributed by atoms with Gasteiger partial charge in [0.25, 0.3) is 0 Å². The number of ether oxygens (including phenoxy) is 2. The van der Waals surface area contributed by atoms with Gasteiger partial charge in [0, 0.05) is 6.20 Å². The van der Waals surface area contributed by atoms with Gasteiger partial charge in [-0.25, -0.2) is 4.79 Å². The molecule has 1 aromatic carbocycles. The minimum absolute atomic E-state index is 0.0747. The Bertz CT molecular complexity index is 547. The van der Waals surface area contributed by atoms with Crippen LogP contribution < -0.4 is 10.1 Å². The van der Waals surface area contributed by atoms with Gasteiger partial charge in [0.1, 0.15) is 29.9 Å². The van der Waals surface area contributed by atoms with Gasteiger partial charge in [-0.1, -0.05) is 12.1 Å². The lowest BCUT2D eigenvalue weighted by Gasteiger charge is -2.19. The van der Waals surface area contributed by atoms with Crippen LogP contribution in [0, 0.1) is 0 Å².